The van der Waals surface area contributed by atoms with Gasteiger partial charge in [-0.25, -0.2) is 9.69 Å². The number of anilines is 2. The maximum atomic E-state index is 12.3. The van der Waals surface area contributed by atoms with Gasteiger partial charge in [-0.3, -0.25) is 4.79 Å². The van der Waals surface area contributed by atoms with Crippen molar-refractivity contribution in [1.29, 1.82) is 0 Å². The molecule has 2 rings (SSSR count). The van der Waals surface area contributed by atoms with Crippen molar-refractivity contribution in [2.75, 3.05) is 17.2 Å². The molecule has 0 saturated heterocycles. The molecule has 0 atom stereocenters. The van der Waals surface area contributed by atoms with E-state index in [-0.39, 0.29) is 5.91 Å². The molecular weight excluding hydrogens is 358 g/mol. The van der Waals surface area contributed by atoms with Gasteiger partial charge in [0, 0.05) is 23.6 Å². The van der Waals surface area contributed by atoms with E-state index in [1.165, 1.54) is 6.92 Å². The van der Waals surface area contributed by atoms with Crippen LogP contribution in [0.5, 0.6) is 0 Å². The second kappa shape index (κ2) is 7.78. The SMILES string of the molecule is CC(=O)N(C(=O)NCCc1ccc(Br)cc1)c1ccc(N)cc1. The average molecular weight is 376 g/mol. The molecule has 0 unspecified atom stereocenters. The van der Waals surface area contributed by atoms with Crippen LogP contribution in [-0.4, -0.2) is 18.5 Å². The lowest BCUT2D eigenvalue weighted by molar-refractivity contribution is -0.115. The summed E-state index contributed by atoms with van der Waals surface area (Å²) in [6.45, 7) is 1.80. The maximum Gasteiger partial charge on any atom is 0.328 e. The Kier molecular flexibility index (Phi) is 5.76. The molecule has 2 aromatic carbocycles. The third kappa shape index (κ3) is 4.82. The number of imide groups is 1. The van der Waals surface area contributed by atoms with Crippen molar-refractivity contribution >= 4 is 39.2 Å². The molecule has 0 spiro atoms. The summed E-state index contributed by atoms with van der Waals surface area (Å²) < 4.78 is 1.01. The monoisotopic (exact) mass is 375 g/mol. The Morgan fingerprint density at radius 1 is 1.09 bits per heavy atom. The summed E-state index contributed by atoms with van der Waals surface area (Å²) in [5.41, 5.74) is 7.80. The second-order valence-corrected chi connectivity index (χ2v) is 5.97. The number of amides is 3. The van der Waals surface area contributed by atoms with E-state index in [1.807, 2.05) is 24.3 Å². The van der Waals surface area contributed by atoms with Crippen LogP contribution < -0.4 is 16.0 Å². The second-order valence-electron chi connectivity index (χ2n) is 5.05. The Labute approximate surface area is 143 Å². The first kappa shape index (κ1) is 17.0. The van der Waals surface area contributed by atoms with E-state index < -0.39 is 6.03 Å². The van der Waals surface area contributed by atoms with Gasteiger partial charge in [-0.05, 0) is 48.4 Å². The summed E-state index contributed by atoms with van der Waals surface area (Å²) in [6, 6.07) is 14.0. The summed E-state index contributed by atoms with van der Waals surface area (Å²) >= 11 is 3.38. The van der Waals surface area contributed by atoms with E-state index in [0.717, 1.165) is 14.9 Å². The molecule has 5 nitrogen and oxygen atoms in total. The number of halogens is 1. The predicted molar refractivity (Wildman–Crippen MR) is 95.3 cm³/mol. The molecular formula is C17H18BrN3O2. The van der Waals surface area contributed by atoms with Crippen molar-refractivity contribution < 1.29 is 9.59 Å². The molecule has 3 amide bonds. The molecule has 23 heavy (non-hydrogen) atoms. The number of rotatable bonds is 4. The average Bonchev–Trinajstić information content (AvgIpc) is 2.51. The fourth-order valence-electron chi connectivity index (χ4n) is 2.11. The van der Waals surface area contributed by atoms with Gasteiger partial charge in [0.25, 0.3) is 0 Å². The standard InChI is InChI=1S/C17H18BrN3O2/c1-12(22)21(16-8-6-15(19)7-9-16)17(23)20-11-10-13-2-4-14(18)5-3-13/h2-9H,10-11,19H2,1H3,(H,20,23). The number of nitrogen functional groups attached to an aromatic ring is 1. The molecule has 0 saturated carbocycles. The van der Waals surface area contributed by atoms with E-state index >= 15 is 0 Å². The van der Waals surface area contributed by atoms with Crippen molar-refractivity contribution in [3.8, 4) is 0 Å². The van der Waals surface area contributed by atoms with Crippen LogP contribution >= 0.6 is 15.9 Å². The van der Waals surface area contributed by atoms with Crippen molar-refractivity contribution in [1.82, 2.24) is 5.32 Å². The summed E-state index contributed by atoms with van der Waals surface area (Å²) in [5.74, 6) is -0.351. The molecule has 0 fully saturated rings. The highest BCUT2D eigenvalue weighted by atomic mass is 79.9. The molecule has 0 aliphatic carbocycles. The summed E-state index contributed by atoms with van der Waals surface area (Å²) in [6.07, 6.45) is 0.687. The van der Waals surface area contributed by atoms with Gasteiger partial charge in [-0.2, -0.15) is 0 Å². The third-order valence-electron chi connectivity index (χ3n) is 3.27. The lowest BCUT2D eigenvalue weighted by Crippen LogP contribution is -2.43. The lowest BCUT2D eigenvalue weighted by Gasteiger charge is -2.20. The van der Waals surface area contributed by atoms with Crippen LogP contribution in [0.15, 0.2) is 53.0 Å². The summed E-state index contributed by atoms with van der Waals surface area (Å²) in [4.78, 5) is 25.1. The van der Waals surface area contributed by atoms with Crippen molar-refractivity contribution in [2.45, 2.75) is 13.3 Å². The van der Waals surface area contributed by atoms with Crippen LogP contribution in [0.25, 0.3) is 0 Å². The van der Waals surface area contributed by atoms with Crippen LogP contribution in [0, 0.1) is 0 Å². The number of nitrogens with two attached hydrogens (primary N) is 1. The van der Waals surface area contributed by atoms with Crippen molar-refractivity contribution in [3.05, 3.63) is 58.6 Å². The molecule has 0 heterocycles. The number of carbonyl (C=O) groups excluding carboxylic acids is 2. The van der Waals surface area contributed by atoms with Gasteiger partial charge in [0.1, 0.15) is 0 Å². The minimum Gasteiger partial charge on any atom is -0.399 e. The maximum absolute atomic E-state index is 12.3. The van der Waals surface area contributed by atoms with E-state index in [4.69, 9.17) is 5.73 Å². The largest absolute Gasteiger partial charge is 0.399 e. The first-order chi connectivity index (χ1) is 11.0. The summed E-state index contributed by atoms with van der Waals surface area (Å²) in [7, 11) is 0. The Morgan fingerprint density at radius 2 is 1.70 bits per heavy atom. The number of benzene rings is 2. The Bertz CT molecular complexity index is 684. The van der Waals surface area contributed by atoms with Crippen LogP contribution in [0.3, 0.4) is 0 Å². The number of nitrogens with one attached hydrogen (secondary N) is 1. The topological polar surface area (TPSA) is 75.4 Å². The zero-order valence-corrected chi connectivity index (χ0v) is 14.3. The van der Waals surface area contributed by atoms with E-state index in [0.29, 0.717) is 24.3 Å². The quantitative estimate of drug-likeness (QED) is 0.804. The van der Waals surface area contributed by atoms with Gasteiger partial charge in [0.2, 0.25) is 5.91 Å². The Balaban J connectivity index is 1.97. The van der Waals surface area contributed by atoms with Crippen LogP contribution in [0.4, 0.5) is 16.2 Å². The molecule has 0 aromatic heterocycles. The Morgan fingerprint density at radius 3 is 2.26 bits per heavy atom. The van der Waals surface area contributed by atoms with Crippen LogP contribution in [0.2, 0.25) is 0 Å². The number of hydrogen-bond donors (Lipinski definition) is 2. The van der Waals surface area contributed by atoms with Gasteiger partial charge < -0.3 is 11.1 Å². The summed E-state index contributed by atoms with van der Waals surface area (Å²) in [5, 5.41) is 2.76. The first-order valence-electron chi connectivity index (χ1n) is 7.16. The molecule has 120 valence electrons. The number of carbonyl (C=O) groups is 2. The first-order valence-corrected chi connectivity index (χ1v) is 7.95. The molecule has 0 bridgehead atoms. The van der Waals surface area contributed by atoms with E-state index in [2.05, 4.69) is 21.2 Å². The fraction of sp³-hybridized carbons (Fsp3) is 0.176. The third-order valence-corrected chi connectivity index (χ3v) is 3.80. The lowest BCUT2D eigenvalue weighted by atomic mass is 10.1. The molecule has 3 N–H and O–H groups in total. The fourth-order valence-corrected chi connectivity index (χ4v) is 2.37. The van der Waals surface area contributed by atoms with Gasteiger partial charge in [-0.1, -0.05) is 28.1 Å². The molecule has 6 heteroatoms. The number of urea groups is 1. The van der Waals surface area contributed by atoms with Gasteiger partial charge in [0.15, 0.2) is 0 Å². The zero-order valence-electron chi connectivity index (χ0n) is 12.8. The van der Waals surface area contributed by atoms with Gasteiger partial charge in [0.05, 0.1) is 5.69 Å². The predicted octanol–water partition coefficient (Wildman–Crippen LogP) is 3.34. The normalized spacial score (nSPS) is 10.2. The molecule has 0 radical (unpaired) electrons. The Hall–Kier alpha value is -2.34. The van der Waals surface area contributed by atoms with E-state index in [9.17, 15) is 9.59 Å². The minimum atomic E-state index is -0.445. The number of nitrogens with zero attached hydrogens (tertiary/aromatic N) is 1. The van der Waals surface area contributed by atoms with Gasteiger partial charge in [-0.15, -0.1) is 0 Å². The molecule has 0 aliphatic heterocycles. The minimum absolute atomic E-state index is 0.351. The number of hydrogen-bond acceptors (Lipinski definition) is 3. The van der Waals surface area contributed by atoms with Crippen molar-refractivity contribution in [2.24, 2.45) is 0 Å². The smallest absolute Gasteiger partial charge is 0.328 e. The van der Waals surface area contributed by atoms with Crippen LogP contribution in [0.1, 0.15) is 12.5 Å². The highest BCUT2D eigenvalue weighted by molar-refractivity contribution is 9.10. The van der Waals surface area contributed by atoms with Crippen LogP contribution in [-0.2, 0) is 11.2 Å². The molecule has 2 aromatic rings. The zero-order chi connectivity index (χ0) is 16.8. The highest BCUT2D eigenvalue weighted by Gasteiger charge is 2.19. The van der Waals surface area contributed by atoms with Gasteiger partial charge >= 0.3 is 6.03 Å². The van der Waals surface area contributed by atoms with Crippen molar-refractivity contribution in [3.63, 3.8) is 0 Å². The van der Waals surface area contributed by atoms with E-state index in [1.54, 1.807) is 24.3 Å². The molecule has 0 aliphatic rings. The highest BCUT2D eigenvalue weighted by Crippen LogP contribution is 2.17.